The first-order valence-electron chi connectivity index (χ1n) is 8.12. The van der Waals surface area contributed by atoms with Crippen LogP contribution in [-0.2, 0) is 6.61 Å². The summed E-state index contributed by atoms with van der Waals surface area (Å²) in [4.78, 5) is 0. The Morgan fingerprint density at radius 3 is 2.50 bits per heavy atom. The fourth-order valence-electron chi connectivity index (χ4n) is 2.50. The Hall–Kier alpha value is -2.79. The Labute approximate surface area is 161 Å². The van der Waals surface area contributed by atoms with E-state index in [4.69, 9.17) is 14.9 Å². The van der Waals surface area contributed by atoms with Gasteiger partial charge in [0.05, 0.1) is 12.7 Å². The number of ether oxygens (including phenoxy) is 2. The summed E-state index contributed by atoms with van der Waals surface area (Å²) >= 11 is 3.45. The van der Waals surface area contributed by atoms with Crippen molar-refractivity contribution < 1.29 is 9.47 Å². The quantitative estimate of drug-likeness (QED) is 0.418. The van der Waals surface area contributed by atoms with E-state index in [0.29, 0.717) is 23.7 Å². The van der Waals surface area contributed by atoms with E-state index in [1.807, 2.05) is 72.8 Å². The number of hydrogen-bond acceptors (Lipinski definition) is 3. The first-order chi connectivity index (χ1) is 12.7. The molecule has 132 valence electrons. The van der Waals surface area contributed by atoms with E-state index in [2.05, 4.69) is 21.2 Å². The molecule has 5 heteroatoms. The highest BCUT2D eigenvalue weighted by Gasteiger charge is 2.10. The molecule has 0 spiro atoms. The van der Waals surface area contributed by atoms with Gasteiger partial charge >= 0.3 is 0 Å². The third kappa shape index (κ3) is 4.64. The zero-order valence-electron chi connectivity index (χ0n) is 14.3. The summed E-state index contributed by atoms with van der Waals surface area (Å²) in [5.74, 6) is 1.63. The topological polar surface area (TPSA) is 54.3 Å². The van der Waals surface area contributed by atoms with Crippen LogP contribution in [0, 0.1) is 5.41 Å². The van der Waals surface area contributed by atoms with Gasteiger partial charge in [0.2, 0.25) is 0 Å². The van der Waals surface area contributed by atoms with Crippen LogP contribution in [0.3, 0.4) is 0 Å². The molecule has 0 aromatic heterocycles. The zero-order chi connectivity index (χ0) is 18.4. The predicted molar refractivity (Wildman–Crippen MR) is 108 cm³/mol. The van der Waals surface area contributed by atoms with Crippen LogP contribution < -0.4 is 14.8 Å². The molecule has 4 nitrogen and oxygen atoms in total. The van der Waals surface area contributed by atoms with Gasteiger partial charge in [-0.1, -0.05) is 58.4 Å². The van der Waals surface area contributed by atoms with Gasteiger partial charge in [-0.25, -0.2) is 0 Å². The van der Waals surface area contributed by atoms with Crippen LogP contribution in [0.15, 0.2) is 77.3 Å². The molecule has 0 amide bonds. The van der Waals surface area contributed by atoms with Crippen LogP contribution in [-0.4, -0.2) is 12.9 Å². The number of rotatable bonds is 6. The second-order valence-electron chi connectivity index (χ2n) is 5.65. The highest BCUT2D eigenvalue weighted by Crippen LogP contribution is 2.26. The van der Waals surface area contributed by atoms with Gasteiger partial charge in [-0.15, -0.1) is 0 Å². The van der Waals surface area contributed by atoms with E-state index in [1.54, 1.807) is 7.11 Å². The highest BCUT2D eigenvalue weighted by molar-refractivity contribution is 9.10. The summed E-state index contributed by atoms with van der Waals surface area (Å²) in [6.07, 6.45) is 0. The van der Waals surface area contributed by atoms with Crippen molar-refractivity contribution in [1.82, 2.24) is 0 Å². The third-order valence-electron chi connectivity index (χ3n) is 3.77. The standard InChI is InChI=1S/C21H19BrN2O2/c1-25-18-12-16(22)11-17(13-18)24-21(23)19-9-5-6-10-20(19)26-14-15-7-3-2-4-8-15/h2-13H,14H2,1H3,(H2,23,24). The van der Waals surface area contributed by atoms with Gasteiger partial charge in [0.1, 0.15) is 23.9 Å². The maximum absolute atomic E-state index is 8.44. The van der Waals surface area contributed by atoms with Crippen molar-refractivity contribution in [2.24, 2.45) is 0 Å². The van der Waals surface area contributed by atoms with Gasteiger partial charge in [-0.3, -0.25) is 5.41 Å². The van der Waals surface area contributed by atoms with Crippen molar-refractivity contribution in [2.75, 3.05) is 12.4 Å². The normalized spacial score (nSPS) is 10.2. The molecule has 0 aliphatic carbocycles. The Morgan fingerprint density at radius 1 is 1.00 bits per heavy atom. The van der Waals surface area contributed by atoms with Gasteiger partial charge in [-0.05, 0) is 29.8 Å². The fourth-order valence-corrected chi connectivity index (χ4v) is 2.97. The Kier molecular flexibility index (Phi) is 5.92. The monoisotopic (exact) mass is 410 g/mol. The summed E-state index contributed by atoms with van der Waals surface area (Å²) < 4.78 is 12.1. The lowest BCUT2D eigenvalue weighted by atomic mass is 10.1. The molecule has 0 heterocycles. The molecule has 3 rings (SSSR count). The summed E-state index contributed by atoms with van der Waals surface area (Å²) in [7, 11) is 1.61. The smallest absolute Gasteiger partial charge is 0.133 e. The molecule has 26 heavy (non-hydrogen) atoms. The van der Waals surface area contributed by atoms with E-state index in [0.717, 1.165) is 15.7 Å². The van der Waals surface area contributed by atoms with Gasteiger partial charge in [0.25, 0.3) is 0 Å². The lowest BCUT2D eigenvalue weighted by Crippen LogP contribution is -2.13. The minimum atomic E-state index is 0.258. The predicted octanol–water partition coefficient (Wildman–Crippen LogP) is 5.47. The minimum Gasteiger partial charge on any atom is -0.497 e. The molecule has 3 aromatic carbocycles. The SMILES string of the molecule is COc1cc(Br)cc(NC(=N)c2ccccc2OCc2ccccc2)c1. The molecule has 0 unspecified atom stereocenters. The van der Waals surface area contributed by atoms with Crippen LogP contribution >= 0.6 is 15.9 Å². The first kappa shape index (κ1) is 18.0. The van der Waals surface area contributed by atoms with E-state index >= 15 is 0 Å². The van der Waals surface area contributed by atoms with E-state index in [9.17, 15) is 0 Å². The average molecular weight is 411 g/mol. The number of amidine groups is 1. The van der Waals surface area contributed by atoms with Crippen molar-refractivity contribution in [1.29, 1.82) is 5.41 Å². The van der Waals surface area contributed by atoms with Crippen molar-refractivity contribution in [3.05, 3.63) is 88.4 Å². The van der Waals surface area contributed by atoms with Gasteiger partial charge in [0, 0.05) is 16.2 Å². The lowest BCUT2D eigenvalue weighted by molar-refractivity contribution is 0.305. The molecule has 0 radical (unpaired) electrons. The number of para-hydroxylation sites is 1. The van der Waals surface area contributed by atoms with Crippen molar-refractivity contribution >= 4 is 27.5 Å². The summed E-state index contributed by atoms with van der Waals surface area (Å²) in [5.41, 5.74) is 2.54. The number of hydrogen-bond donors (Lipinski definition) is 2. The molecule has 0 saturated heterocycles. The molecule has 0 bridgehead atoms. The lowest BCUT2D eigenvalue weighted by Gasteiger charge is -2.14. The Morgan fingerprint density at radius 2 is 1.73 bits per heavy atom. The molecular formula is C21H19BrN2O2. The summed E-state index contributed by atoms with van der Waals surface area (Å²) in [6, 6.07) is 23.1. The number of anilines is 1. The molecule has 0 aliphatic heterocycles. The van der Waals surface area contributed by atoms with Gasteiger partial charge < -0.3 is 14.8 Å². The third-order valence-corrected chi connectivity index (χ3v) is 4.23. The number of halogens is 1. The Bertz CT molecular complexity index is 898. The Balaban J connectivity index is 1.76. The molecule has 0 atom stereocenters. The van der Waals surface area contributed by atoms with Crippen LogP contribution in [0.5, 0.6) is 11.5 Å². The largest absolute Gasteiger partial charge is 0.497 e. The molecule has 0 saturated carbocycles. The van der Waals surface area contributed by atoms with Crippen LogP contribution in [0.25, 0.3) is 0 Å². The van der Waals surface area contributed by atoms with Crippen molar-refractivity contribution in [3.63, 3.8) is 0 Å². The molecule has 2 N–H and O–H groups in total. The summed E-state index contributed by atoms with van der Waals surface area (Å²) in [6.45, 7) is 0.454. The highest BCUT2D eigenvalue weighted by atomic mass is 79.9. The number of benzene rings is 3. The average Bonchev–Trinajstić information content (AvgIpc) is 2.67. The van der Waals surface area contributed by atoms with Gasteiger partial charge in [0.15, 0.2) is 0 Å². The molecule has 3 aromatic rings. The second-order valence-corrected chi connectivity index (χ2v) is 6.57. The molecule has 0 fully saturated rings. The van der Waals surface area contributed by atoms with Crippen molar-refractivity contribution in [3.8, 4) is 11.5 Å². The molecular weight excluding hydrogens is 392 g/mol. The van der Waals surface area contributed by atoms with Crippen LogP contribution in [0.4, 0.5) is 5.69 Å². The van der Waals surface area contributed by atoms with E-state index in [1.165, 1.54) is 0 Å². The number of methoxy groups -OCH3 is 1. The maximum Gasteiger partial charge on any atom is 0.133 e. The van der Waals surface area contributed by atoms with Crippen LogP contribution in [0.1, 0.15) is 11.1 Å². The number of nitrogens with one attached hydrogen (secondary N) is 2. The summed E-state index contributed by atoms with van der Waals surface area (Å²) in [5, 5.41) is 11.5. The van der Waals surface area contributed by atoms with E-state index < -0.39 is 0 Å². The van der Waals surface area contributed by atoms with Crippen molar-refractivity contribution in [2.45, 2.75) is 6.61 Å². The maximum atomic E-state index is 8.44. The minimum absolute atomic E-state index is 0.258. The van der Waals surface area contributed by atoms with E-state index in [-0.39, 0.29) is 5.84 Å². The molecule has 0 aliphatic rings. The second kappa shape index (κ2) is 8.54. The van der Waals surface area contributed by atoms with Gasteiger partial charge in [-0.2, -0.15) is 0 Å². The zero-order valence-corrected chi connectivity index (χ0v) is 15.9. The first-order valence-corrected chi connectivity index (χ1v) is 8.91. The van der Waals surface area contributed by atoms with Crippen LogP contribution in [0.2, 0.25) is 0 Å². The fraction of sp³-hybridized carbons (Fsp3) is 0.0952.